The van der Waals surface area contributed by atoms with Gasteiger partial charge in [-0.3, -0.25) is 19.9 Å². The lowest BCUT2D eigenvalue weighted by Crippen LogP contribution is -2.07. The Morgan fingerprint density at radius 2 is 1.92 bits per heavy atom. The Morgan fingerprint density at radius 3 is 2.64 bits per heavy atom. The summed E-state index contributed by atoms with van der Waals surface area (Å²) in [5, 5.41) is 11.8. The van der Waals surface area contributed by atoms with E-state index in [1.165, 1.54) is 29.2 Å². The normalized spacial score (nSPS) is 11.2. The minimum atomic E-state index is -0.398. The molecular weight excluding hydrogens is 498 g/mol. The van der Waals surface area contributed by atoms with Crippen molar-refractivity contribution in [3.8, 4) is 5.75 Å². The third kappa shape index (κ3) is 6.46. The van der Waals surface area contributed by atoms with E-state index in [0.717, 1.165) is 21.5 Å². The molecule has 0 atom stereocenters. The van der Waals surface area contributed by atoms with Gasteiger partial charge in [-0.15, -0.1) is 11.3 Å². The van der Waals surface area contributed by atoms with Crippen LogP contribution in [0.3, 0.4) is 0 Å². The number of nitro groups is 1. The van der Waals surface area contributed by atoms with Gasteiger partial charge in [0.25, 0.3) is 5.69 Å². The van der Waals surface area contributed by atoms with E-state index < -0.39 is 4.92 Å². The van der Waals surface area contributed by atoms with Gasteiger partial charge in [0.15, 0.2) is 4.34 Å². The van der Waals surface area contributed by atoms with Gasteiger partial charge in [0.2, 0.25) is 0 Å². The SMILES string of the molecule is CCOC(=O)Cc1ccc(N=Cc2ccc(Sc3nc4ccc(OCC)cc4s3)c([N+](=O)[O-])c2)cc1. The molecule has 0 bridgehead atoms. The highest BCUT2D eigenvalue weighted by molar-refractivity contribution is 8.01. The minimum Gasteiger partial charge on any atom is -0.494 e. The first kappa shape index (κ1) is 25.3. The summed E-state index contributed by atoms with van der Waals surface area (Å²) in [6.07, 6.45) is 1.78. The number of nitrogens with zero attached hydrogens (tertiary/aromatic N) is 3. The van der Waals surface area contributed by atoms with Crippen molar-refractivity contribution in [1.82, 2.24) is 4.98 Å². The number of benzene rings is 3. The molecule has 0 saturated heterocycles. The van der Waals surface area contributed by atoms with E-state index in [0.29, 0.717) is 33.7 Å². The van der Waals surface area contributed by atoms with Crippen molar-refractivity contribution in [2.75, 3.05) is 13.2 Å². The lowest BCUT2D eigenvalue weighted by atomic mass is 10.1. The molecule has 0 saturated carbocycles. The number of ether oxygens (including phenoxy) is 2. The van der Waals surface area contributed by atoms with E-state index in [9.17, 15) is 14.9 Å². The number of aliphatic imine (C=N–C) groups is 1. The Kier molecular flexibility index (Phi) is 8.29. The van der Waals surface area contributed by atoms with Crippen molar-refractivity contribution in [3.63, 3.8) is 0 Å². The number of fused-ring (bicyclic) bond motifs is 1. The summed E-state index contributed by atoms with van der Waals surface area (Å²) >= 11 is 2.73. The molecule has 0 N–H and O–H groups in total. The molecule has 10 heteroatoms. The maximum Gasteiger partial charge on any atom is 0.310 e. The second-order valence-corrected chi connectivity index (χ2v) is 9.85. The predicted octanol–water partition coefficient (Wildman–Crippen LogP) is 6.61. The monoisotopic (exact) mass is 521 g/mol. The Bertz CT molecular complexity index is 1420. The molecule has 36 heavy (non-hydrogen) atoms. The highest BCUT2D eigenvalue weighted by Gasteiger charge is 2.17. The van der Waals surface area contributed by atoms with Crippen LogP contribution in [0.1, 0.15) is 25.0 Å². The van der Waals surface area contributed by atoms with Gasteiger partial charge in [-0.05, 0) is 61.4 Å². The Labute approximate surface area is 216 Å². The Balaban J connectivity index is 1.49. The lowest BCUT2D eigenvalue weighted by molar-refractivity contribution is -0.387. The first-order chi connectivity index (χ1) is 17.4. The summed E-state index contributed by atoms with van der Waals surface area (Å²) in [5.74, 6) is 0.494. The van der Waals surface area contributed by atoms with Crippen molar-refractivity contribution in [1.29, 1.82) is 0 Å². The fourth-order valence-electron chi connectivity index (χ4n) is 3.35. The van der Waals surface area contributed by atoms with Gasteiger partial charge in [0, 0.05) is 12.3 Å². The van der Waals surface area contributed by atoms with E-state index in [1.807, 2.05) is 25.1 Å². The summed E-state index contributed by atoms with van der Waals surface area (Å²) < 4.78 is 12.2. The molecule has 0 aliphatic rings. The fourth-order valence-corrected chi connectivity index (χ4v) is 5.49. The average Bonchev–Trinajstić information content (AvgIpc) is 3.26. The standard InChI is InChI=1S/C26H23N3O5S2/c1-3-33-20-10-11-21-24(15-20)36-26(28-21)35-23-12-7-18(13-22(23)29(31)32)16-27-19-8-5-17(6-9-19)14-25(30)34-4-2/h5-13,15-16H,3-4,14H2,1-2H3. The molecular formula is C26H23N3O5S2. The molecule has 8 nitrogen and oxygen atoms in total. The smallest absolute Gasteiger partial charge is 0.310 e. The van der Waals surface area contributed by atoms with Gasteiger partial charge in [0.05, 0.1) is 45.4 Å². The van der Waals surface area contributed by atoms with Crippen LogP contribution in [-0.4, -0.2) is 35.3 Å². The molecule has 3 aromatic carbocycles. The lowest BCUT2D eigenvalue weighted by Gasteiger charge is -2.03. The highest BCUT2D eigenvalue weighted by atomic mass is 32.2. The van der Waals surface area contributed by atoms with Gasteiger partial charge in [-0.1, -0.05) is 30.0 Å². The Morgan fingerprint density at radius 1 is 1.11 bits per heavy atom. The number of hydrogen-bond acceptors (Lipinski definition) is 9. The molecule has 4 rings (SSSR count). The van der Waals surface area contributed by atoms with Crippen LogP contribution >= 0.6 is 23.1 Å². The minimum absolute atomic E-state index is 0.0111. The number of carbonyl (C=O) groups is 1. The van der Waals surface area contributed by atoms with Gasteiger partial charge in [-0.2, -0.15) is 0 Å². The molecule has 0 radical (unpaired) electrons. The van der Waals surface area contributed by atoms with Crippen LogP contribution in [0.2, 0.25) is 0 Å². The molecule has 1 heterocycles. The zero-order valence-corrected chi connectivity index (χ0v) is 21.3. The van der Waals surface area contributed by atoms with Crippen LogP contribution in [0.4, 0.5) is 11.4 Å². The van der Waals surface area contributed by atoms with Gasteiger partial charge in [0.1, 0.15) is 5.75 Å². The third-order valence-corrected chi connectivity index (χ3v) is 7.12. The largest absolute Gasteiger partial charge is 0.494 e. The summed E-state index contributed by atoms with van der Waals surface area (Å²) in [5.41, 5.74) is 2.92. The zero-order chi connectivity index (χ0) is 25.5. The van der Waals surface area contributed by atoms with Crippen LogP contribution in [0.5, 0.6) is 5.75 Å². The summed E-state index contributed by atoms with van der Waals surface area (Å²) in [4.78, 5) is 32.5. The van der Waals surface area contributed by atoms with Crippen LogP contribution in [-0.2, 0) is 16.0 Å². The molecule has 0 amide bonds. The first-order valence-corrected chi connectivity index (χ1v) is 12.9. The summed E-state index contributed by atoms with van der Waals surface area (Å²) in [7, 11) is 0. The van der Waals surface area contributed by atoms with E-state index >= 15 is 0 Å². The second-order valence-electron chi connectivity index (χ2n) is 7.54. The van der Waals surface area contributed by atoms with Crippen molar-refractivity contribution >= 4 is 56.9 Å². The summed E-state index contributed by atoms with van der Waals surface area (Å²) in [6, 6.07) is 17.9. The van der Waals surface area contributed by atoms with Gasteiger partial charge >= 0.3 is 5.97 Å². The molecule has 4 aromatic rings. The molecule has 0 unspecified atom stereocenters. The molecule has 0 spiro atoms. The van der Waals surface area contributed by atoms with Crippen molar-refractivity contribution in [2.24, 2.45) is 4.99 Å². The zero-order valence-electron chi connectivity index (χ0n) is 19.7. The van der Waals surface area contributed by atoms with Crippen molar-refractivity contribution in [2.45, 2.75) is 29.5 Å². The van der Waals surface area contributed by atoms with Crippen LogP contribution in [0.15, 0.2) is 74.9 Å². The maximum atomic E-state index is 11.8. The predicted molar refractivity (Wildman–Crippen MR) is 142 cm³/mol. The fraction of sp³-hybridized carbons (Fsp3) is 0.192. The van der Waals surface area contributed by atoms with Gasteiger partial charge in [-0.25, -0.2) is 4.98 Å². The number of nitro benzene ring substituents is 1. The highest BCUT2D eigenvalue weighted by Crippen LogP contribution is 2.39. The third-order valence-electron chi connectivity index (χ3n) is 4.98. The number of rotatable bonds is 10. The van der Waals surface area contributed by atoms with E-state index in [2.05, 4.69) is 9.98 Å². The molecule has 0 fully saturated rings. The summed E-state index contributed by atoms with van der Waals surface area (Å²) in [6.45, 7) is 4.62. The quantitative estimate of drug-likeness (QED) is 0.100. The Hall–Kier alpha value is -3.76. The molecule has 1 aromatic heterocycles. The van der Waals surface area contributed by atoms with Gasteiger partial charge < -0.3 is 9.47 Å². The number of esters is 1. The number of carbonyl (C=O) groups excluding carboxylic acids is 1. The molecule has 0 aliphatic heterocycles. The van der Waals surface area contributed by atoms with Crippen LogP contribution in [0, 0.1) is 10.1 Å². The van der Waals surface area contributed by atoms with E-state index in [-0.39, 0.29) is 18.1 Å². The average molecular weight is 522 g/mol. The number of thiazole rings is 1. The molecule has 184 valence electrons. The van der Waals surface area contributed by atoms with Crippen LogP contribution in [0.25, 0.3) is 10.2 Å². The van der Waals surface area contributed by atoms with Crippen LogP contribution < -0.4 is 4.74 Å². The number of aromatic nitrogens is 1. The van der Waals surface area contributed by atoms with Crippen molar-refractivity contribution in [3.05, 3.63) is 81.9 Å². The second kappa shape index (κ2) is 11.8. The first-order valence-electron chi connectivity index (χ1n) is 11.2. The van der Waals surface area contributed by atoms with E-state index in [4.69, 9.17) is 9.47 Å². The molecule has 0 aliphatic carbocycles. The van der Waals surface area contributed by atoms with E-state index in [1.54, 1.807) is 49.5 Å². The van der Waals surface area contributed by atoms with Crippen molar-refractivity contribution < 1.29 is 19.2 Å². The number of hydrogen-bond donors (Lipinski definition) is 0. The maximum absolute atomic E-state index is 11.8. The topological polar surface area (TPSA) is 104 Å².